The molecule has 1 aliphatic heterocycles. The van der Waals surface area contributed by atoms with E-state index >= 15 is 0 Å². The number of amides is 1. The predicted molar refractivity (Wildman–Crippen MR) is 92.2 cm³/mol. The maximum absolute atomic E-state index is 12.8. The SMILES string of the molecule is Cc1nn(C)c(C)c1-c1cc(C(=O)N2CCC(c3ccco3)C2)[nH]n1. The third-order valence-electron chi connectivity index (χ3n) is 4.99. The number of hydrogen-bond acceptors (Lipinski definition) is 4. The molecule has 4 heterocycles. The van der Waals surface area contributed by atoms with Gasteiger partial charge in [-0.15, -0.1) is 0 Å². The van der Waals surface area contributed by atoms with Gasteiger partial charge < -0.3 is 9.32 Å². The molecule has 1 unspecified atom stereocenters. The number of nitrogens with one attached hydrogen (secondary N) is 1. The third-order valence-corrected chi connectivity index (χ3v) is 4.99. The van der Waals surface area contributed by atoms with Crippen molar-refractivity contribution in [2.24, 2.45) is 7.05 Å². The summed E-state index contributed by atoms with van der Waals surface area (Å²) in [5.74, 6) is 1.19. The van der Waals surface area contributed by atoms with Crippen LogP contribution in [-0.4, -0.2) is 43.9 Å². The Morgan fingerprint density at radius 2 is 2.24 bits per heavy atom. The van der Waals surface area contributed by atoms with Gasteiger partial charge in [-0.25, -0.2) is 0 Å². The third kappa shape index (κ3) is 2.65. The van der Waals surface area contributed by atoms with E-state index in [9.17, 15) is 4.79 Å². The summed E-state index contributed by atoms with van der Waals surface area (Å²) in [5, 5.41) is 11.6. The van der Waals surface area contributed by atoms with Crippen LogP contribution in [0.3, 0.4) is 0 Å². The zero-order chi connectivity index (χ0) is 17.6. The first-order valence-electron chi connectivity index (χ1n) is 8.43. The van der Waals surface area contributed by atoms with Crippen LogP contribution < -0.4 is 0 Å². The number of H-pyrrole nitrogens is 1. The second kappa shape index (κ2) is 5.91. The van der Waals surface area contributed by atoms with Crippen LogP contribution in [0.4, 0.5) is 0 Å². The number of aromatic amines is 1. The number of hydrogen-bond donors (Lipinski definition) is 1. The van der Waals surface area contributed by atoms with E-state index in [1.807, 2.05) is 48.7 Å². The molecule has 130 valence electrons. The molecule has 0 spiro atoms. The first kappa shape index (κ1) is 15.7. The average Bonchev–Trinajstić information content (AvgIpc) is 3.34. The molecule has 3 aromatic rings. The molecule has 1 aliphatic rings. The summed E-state index contributed by atoms with van der Waals surface area (Å²) in [6.45, 7) is 5.35. The van der Waals surface area contributed by atoms with E-state index in [1.54, 1.807) is 6.26 Å². The van der Waals surface area contributed by atoms with E-state index in [0.29, 0.717) is 12.2 Å². The Morgan fingerprint density at radius 1 is 1.40 bits per heavy atom. The fraction of sp³-hybridized carbons (Fsp3) is 0.389. The molecule has 0 radical (unpaired) electrons. The second-order valence-corrected chi connectivity index (χ2v) is 6.59. The number of likely N-dealkylation sites (tertiary alicyclic amines) is 1. The number of carbonyl (C=O) groups is 1. The number of rotatable bonds is 3. The van der Waals surface area contributed by atoms with E-state index in [0.717, 1.165) is 41.4 Å². The second-order valence-electron chi connectivity index (χ2n) is 6.59. The minimum absolute atomic E-state index is 0.0213. The van der Waals surface area contributed by atoms with Gasteiger partial charge in [0, 0.05) is 37.3 Å². The molecule has 1 N–H and O–H groups in total. The predicted octanol–water partition coefficient (Wildman–Crippen LogP) is 2.65. The lowest BCUT2D eigenvalue weighted by Gasteiger charge is -2.14. The van der Waals surface area contributed by atoms with Crippen LogP contribution in [0, 0.1) is 13.8 Å². The van der Waals surface area contributed by atoms with Crippen molar-refractivity contribution < 1.29 is 9.21 Å². The Hall–Kier alpha value is -2.83. The van der Waals surface area contributed by atoms with E-state index in [2.05, 4.69) is 15.3 Å². The lowest BCUT2D eigenvalue weighted by Crippen LogP contribution is -2.28. The first-order valence-corrected chi connectivity index (χ1v) is 8.43. The van der Waals surface area contributed by atoms with Crippen LogP contribution in [0.15, 0.2) is 28.9 Å². The minimum Gasteiger partial charge on any atom is -0.469 e. The number of nitrogens with zero attached hydrogens (tertiary/aromatic N) is 4. The molecular formula is C18H21N5O2. The van der Waals surface area contributed by atoms with Crippen LogP contribution >= 0.6 is 0 Å². The molecule has 1 saturated heterocycles. The Kier molecular flexibility index (Phi) is 3.71. The molecule has 0 aliphatic carbocycles. The Labute approximate surface area is 145 Å². The molecule has 1 atom stereocenters. The highest BCUT2D eigenvalue weighted by Gasteiger charge is 2.30. The monoisotopic (exact) mass is 339 g/mol. The van der Waals surface area contributed by atoms with E-state index in [4.69, 9.17) is 4.42 Å². The summed E-state index contributed by atoms with van der Waals surface area (Å²) in [6, 6.07) is 5.68. The largest absolute Gasteiger partial charge is 0.469 e. The molecule has 3 aromatic heterocycles. The summed E-state index contributed by atoms with van der Waals surface area (Å²) in [5.41, 5.74) is 4.19. The van der Waals surface area contributed by atoms with Gasteiger partial charge in [0.1, 0.15) is 11.5 Å². The summed E-state index contributed by atoms with van der Waals surface area (Å²) < 4.78 is 7.30. The van der Waals surface area contributed by atoms with Gasteiger partial charge in [-0.1, -0.05) is 0 Å². The number of carbonyl (C=O) groups excluding carboxylic acids is 1. The zero-order valence-electron chi connectivity index (χ0n) is 14.6. The smallest absolute Gasteiger partial charge is 0.271 e. The Morgan fingerprint density at radius 3 is 2.92 bits per heavy atom. The number of furan rings is 1. The fourth-order valence-corrected chi connectivity index (χ4v) is 3.57. The van der Waals surface area contributed by atoms with Crippen molar-refractivity contribution in [3.8, 4) is 11.3 Å². The van der Waals surface area contributed by atoms with Crippen molar-refractivity contribution in [2.45, 2.75) is 26.2 Å². The lowest BCUT2D eigenvalue weighted by atomic mass is 10.1. The van der Waals surface area contributed by atoms with Crippen molar-refractivity contribution in [2.75, 3.05) is 13.1 Å². The highest BCUT2D eigenvalue weighted by Crippen LogP contribution is 2.29. The molecule has 4 rings (SSSR count). The molecule has 1 fully saturated rings. The van der Waals surface area contributed by atoms with Crippen molar-refractivity contribution in [1.29, 1.82) is 0 Å². The van der Waals surface area contributed by atoms with E-state index in [1.165, 1.54) is 0 Å². The zero-order valence-corrected chi connectivity index (χ0v) is 14.6. The number of aryl methyl sites for hydroxylation is 2. The highest BCUT2D eigenvalue weighted by atomic mass is 16.3. The van der Waals surface area contributed by atoms with Crippen LogP contribution in [0.5, 0.6) is 0 Å². The maximum Gasteiger partial charge on any atom is 0.271 e. The van der Waals surface area contributed by atoms with Crippen molar-refractivity contribution in [3.63, 3.8) is 0 Å². The van der Waals surface area contributed by atoms with Crippen LogP contribution in [-0.2, 0) is 7.05 Å². The van der Waals surface area contributed by atoms with Gasteiger partial charge in [-0.2, -0.15) is 10.2 Å². The van der Waals surface area contributed by atoms with Crippen LogP contribution in [0.1, 0.15) is 40.0 Å². The normalized spacial score (nSPS) is 17.4. The summed E-state index contributed by atoms with van der Waals surface area (Å²) >= 11 is 0. The first-order chi connectivity index (χ1) is 12.0. The molecule has 0 bridgehead atoms. The summed E-state index contributed by atoms with van der Waals surface area (Å²) in [4.78, 5) is 14.6. The molecule has 1 amide bonds. The van der Waals surface area contributed by atoms with Crippen molar-refractivity contribution >= 4 is 5.91 Å². The van der Waals surface area contributed by atoms with Gasteiger partial charge >= 0.3 is 0 Å². The fourth-order valence-electron chi connectivity index (χ4n) is 3.57. The molecule has 7 nitrogen and oxygen atoms in total. The van der Waals surface area contributed by atoms with Crippen molar-refractivity contribution in [1.82, 2.24) is 24.9 Å². The number of aromatic nitrogens is 4. The topological polar surface area (TPSA) is 80.0 Å². The van der Waals surface area contributed by atoms with Crippen LogP contribution in [0.2, 0.25) is 0 Å². The van der Waals surface area contributed by atoms with Gasteiger partial charge in [0.15, 0.2) is 0 Å². The molecule has 0 aromatic carbocycles. The summed E-state index contributed by atoms with van der Waals surface area (Å²) in [6.07, 6.45) is 2.60. The molecular weight excluding hydrogens is 318 g/mol. The standard InChI is InChI=1S/C18H21N5O2/c1-11-17(12(2)22(3)21-11)14-9-15(20-19-14)18(24)23-7-6-13(10-23)16-5-4-8-25-16/h4-5,8-9,13H,6-7,10H2,1-3H3,(H,19,20). The summed E-state index contributed by atoms with van der Waals surface area (Å²) in [7, 11) is 1.91. The van der Waals surface area contributed by atoms with Crippen molar-refractivity contribution in [3.05, 3.63) is 47.3 Å². The van der Waals surface area contributed by atoms with E-state index in [-0.39, 0.29) is 11.8 Å². The van der Waals surface area contributed by atoms with E-state index < -0.39 is 0 Å². The molecule has 25 heavy (non-hydrogen) atoms. The molecule has 7 heteroatoms. The quantitative estimate of drug-likeness (QED) is 0.795. The van der Waals surface area contributed by atoms with Crippen LogP contribution in [0.25, 0.3) is 11.3 Å². The van der Waals surface area contributed by atoms with Gasteiger partial charge in [0.2, 0.25) is 0 Å². The Bertz CT molecular complexity index is 906. The van der Waals surface area contributed by atoms with Gasteiger partial charge in [0.05, 0.1) is 17.7 Å². The average molecular weight is 339 g/mol. The van der Waals surface area contributed by atoms with Gasteiger partial charge in [-0.3, -0.25) is 14.6 Å². The Balaban J connectivity index is 1.53. The lowest BCUT2D eigenvalue weighted by molar-refractivity contribution is 0.0784. The molecule has 0 saturated carbocycles. The minimum atomic E-state index is -0.0213. The maximum atomic E-state index is 12.8. The van der Waals surface area contributed by atoms with Gasteiger partial charge in [-0.05, 0) is 38.5 Å². The van der Waals surface area contributed by atoms with Gasteiger partial charge in [0.25, 0.3) is 5.91 Å². The highest BCUT2D eigenvalue weighted by molar-refractivity contribution is 5.93.